The normalized spacial score (nSPS) is 10.3. The molecule has 1 aromatic carbocycles. The van der Waals surface area contributed by atoms with Gasteiger partial charge < -0.3 is 4.74 Å². The summed E-state index contributed by atoms with van der Waals surface area (Å²) in [7, 11) is 1.40. The van der Waals surface area contributed by atoms with Crippen LogP contribution in [0.4, 0.5) is 4.39 Å². The van der Waals surface area contributed by atoms with E-state index in [-0.39, 0.29) is 18.0 Å². The minimum Gasteiger partial charge on any atom is -0.494 e. The van der Waals surface area contributed by atoms with Crippen LogP contribution in [0.3, 0.4) is 0 Å². The molecule has 0 N–H and O–H groups in total. The maximum atomic E-state index is 13.5. The number of carbonyl (C=O) groups is 1. The lowest BCUT2D eigenvalue weighted by molar-refractivity contribution is 0.0992. The van der Waals surface area contributed by atoms with Crippen molar-refractivity contribution in [3.05, 3.63) is 59.2 Å². The number of methoxy groups -OCH3 is 1. The standard InChI is InChI=1S/C15H14FNO2/c1-10-3-5-12(9-17-10)14(18)8-11-4-6-15(19-2)13(16)7-11/h3-7,9H,8H2,1-2H3. The smallest absolute Gasteiger partial charge is 0.168 e. The van der Waals surface area contributed by atoms with Gasteiger partial charge in [-0.3, -0.25) is 9.78 Å². The van der Waals surface area contributed by atoms with Crippen molar-refractivity contribution in [2.75, 3.05) is 7.11 Å². The van der Waals surface area contributed by atoms with Gasteiger partial charge in [0.1, 0.15) is 0 Å². The zero-order valence-corrected chi connectivity index (χ0v) is 10.8. The molecule has 98 valence electrons. The van der Waals surface area contributed by atoms with Crippen molar-refractivity contribution in [3.8, 4) is 5.75 Å². The van der Waals surface area contributed by atoms with E-state index in [0.717, 1.165) is 5.69 Å². The molecule has 0 amide bonds. The fourth-order valence-electron chi connectivity index (χ4n) is 1.74. The van der Waals surface area contributed by atoms with E-state index in [0.29, 0.717) is 11.1 Å². The van der Waals surface area contributed by atoms with Gasteiger partial charge in [0.2, 0.25) is 0 Å². The zero-order valence-electron chi connectivity index (χ0n) is 10.8. The molecule has 0 spiro atoms. The minimum atomic E-state index is -0.463. The Labute approximate surface area is 111 Å². The third-order valence-electron chi connectivity index (χ3n) is 2.81. The molecule has 19 heavy (non-hydrogen) atoms. The molecule has 0 atom stereocenters. The second-order valence-corrected chi connectivity index (χ2v) is 4.26. The first-order valence-electron chi connectivity index (χ1n) is 5.88. The molecule has 0 fully saturated rings. The van der Waals surface area contributed by atoms with Crippen LogP contribution in [0.5, 0.6) is 5.75 Å². The summed E-state index contributed by atoms with van der Waals surface area (Å²) in [5, 5.41) is 0. The predicted octanol–water partition coefficient (Wildman–Crippen LogP) is 2.96. The molecule has 4 heteroatoms. The topological polar surface area (TPSA) is 39.2 Å². The second kappa shape index (κ2) is 5.61. The molecule has 1 aromatic heterocycles. The quantitative estimate of drug-likeness (QED) is 0.792. The maximum Gasteiger partial charge on any atom is 0.168 e. The van der Waals surface area contributed by atoms with Gasteiger partial charge in [-0.05, 0) is 36.8 Å². The molecule has 0 radical (unpaired) electrons. The van der Waals surface area contributed by atoms with E-state index in [4.69, 9.17) is 4.74 Å². The molecule has 0 saturated heterocycles. The zero-order chi connectivity index (χ0) is 13.8. The van der Waals surface area contributed by atoms with E-state index in [2.05, 4.69) is 4.98 Å². The Hall–Kier alpha value is -2.23. The maximum absolute atomic E-state index is 13.5. The number of benzene rings is 1. The van der Waals surface area contributed by atoms with Gasteiger partial charge in [0.25, 0.3) is 0 Å². The average molecular weight is 259 g/mol. The number of nitrogens with zero attached hydrogens (tertiary/aromatic N) is 1. The van der Waals surface area contributed by atoms with Crippen LogP contribution >= 0.6 is 0 Å². The Morgan fingerprint density at radius 1 is 1.32 bits per heavy atom. The van der Waals surface area contributed by atoms with E-state index in [1.807, 2.05) is 6.92 Å². The summed E-state index contributed by atoms with van der Waals surface area (Å²) in [5.74, 6) is -0.375. The van der Waals surface area contributed by atoms with Crippen molar-refractivity contribution < 1.29 is 13.9 Å². The van der Waals surface area contributed by atoms with Crippen molar-refractivity contribution in [1.82, 2.24) is 4.98 Å². The largest absolute Gasteiger partial charge is 0.494 e. The van der Waals surface area contributed by atoms with Crippen LogP contribution < -0.4 is 4.74 Å². The highest BCUT2D eigenvalue weighted by Gasteiger charge is 2.10. The molecule has 2 aromatic rings. The number of hydrogen-bond acceptors (Lipinski definition) is 3. The number of Topliss-reactive ketones (excluding diaryl/α,β-unsaturated/α-hetero) is 1. The van der Waals surface area contributed by atoms with Crippen LogP contribution in [0, 0.1) is 12.7 Å². The summed E-state index contributed by atoms with van der Waals surface area (Å²) in [6, 6.07) is 8.03. The molecule has 0 bridgehead atoms. The molecule has 1 heterocycles. The van der Waals surface area contributed by atoms with Crippen molar-refractivity contribution in [2.45, 2.75) is 13.3 Å². The lowest BCUT2D eigenvalue weighted by Crippen LogP contribution is -2.04. The first-order valence-corrected chi connectivity index (χ1v) is 5.88. The number of rotatable bonds is 4. The van der Waals surface area contributed by atoms with Gasteiger partial charge in [-0.1, -0.05) is 6.07 Å². The number of aromatic nitrogens is 1. The van der Waals surface area contributed by atoms with Gasteiger partial charge in [-0.25, -0.2) is 4.39 Å². The molecular weight excluding hydrogens is 245 g/mol. The van der Waals surface area contributed by atoms with E-state index >= 15 is 0 Å². The number of hydrogen-bond donors (Lipinski definition) is 0. The number of carbonyl (C=O) groups excluding carboxylic acids is 1. The Balaban J connectivity index is 2.14. The first kappa shape index (κ1) is 13.2. The van der Waals surface area contributed by atoms with Gasteiger partial charge in [0.15, 0.2) is 17.3 Å². The fourth-order valence-corrected chi connectivity index (χ4v) is 1.74. The Morgan fingerprint density at radius 2 is 2.11 bits per heavy atom. The van der Waals surface area contributed by atoms with Crippen LogP contribution in [0.25, 0.3) is 0 Å². The number of aryl methyl sites for hydroxylation is 1. The number of halogens is 1. The van der Waals surface area contributed by atoms with E-state index in [1.54, 1.807) is 18.2 Å². The summed E-state index contributed by atoms with van der Waals surface area (Å²) < 4.78 is 18.3. The van der Waals surface area contributed by atoms with E-state index < -0.39 is 5.82 Å². The summed E-state index contributed by atoms with van der Waals surface area (Å²) in [6.07, 6.45) is 1.68. The Morgan fingerprint density at radius 3 is 2.68 bits per heavy atom. The Bertz CT molecular complexity index is 594. The fraction of sp³-hybridized carbons (Fsp3) is 0.200. The number of pyridine rings is 1. The summed E-state index contributed by atoms with van der Waals surface area (Å²) in [5.41, 5.74) is 2.00. The highest BCUT2D eigenvalue weighted by molar-refractivity contribution is 5.97. The van der Waals surface area contributed by atoms with E-state index in [1.165, 1.54) is 25.4 Å². The Kier molecular flexibility index (Phi) is 3.90. The van der Waals surface area contributed by atoms with Crippen molar-refractivity contribution >= 4 is 5.78 Å². The molecule has 3 nitrogen and oxygen atoms in total. The van der Waals surface area contributed by atoms with Gasteiger partial charge in [0.05, 0.1) is 7.11 Å². The van der Waals surface area contributed by atoms with Crippen molar-refractivity contribution in [3.63, 3.8) is 0 Å². The monoisotopic (exact) mass is 259 g/mol. The van der Waals surface area contributed by atoms with Crippen LogP contribution in [-0.4, -0.2) is 17.9 Å². The minimum absolute atomic E-state index is 0.0860. The van der Waals surface area contributed by atoms with Crippen molar-refractivity contribution in [2.24, 2.45) is 0 Å². The molecule has 2 rings (SSSR count). The number of ketones is 1. The summed E-state index contributed by atoms with van der Waals surface area (Å²) >= 11 is 0. The van der Waals surface area contributed by atoms with Gasteiger partial charge in [-0.2, -0.15) is 0 Å². The molecule has 0 aliphatic carbocycles. The third-order valence-corrected chi connectivity index (χ3v) is 2.81. The molecule has 0 aliphatic rings. The molecular formula is C15H14FNO2. The van der Waals surface area contributed by atoms with Gasteiger partial charge in [0, 0.05) is 23.9 Å². The van der Waals surface area contributed by atoms with Crippen LogP contribution in [0.2, 0.25) is 0 Å². The van der Waals surface area contributed by atoms with Crippen LogP contribution in [0.15, 0.2) is 36.5 Å². The van der Waals surface area contributed by atoms with Crippen LogP contribution in [0.1, 0.15) is 21.6 Å². The van der Waals surface area contributed by atoms with Crippen molar-refractivity contribution in [1.29, 1.82) is 0 Å². The highest BCUT2D eigenvalue weighted by atomic mass is 19.1. The lowest BCUT2D eigenvalue weighted by atomic mass is 10.0. The SMILES string of the molecule is COc1ccc(CC(=O)c2ccc(C)nc2)cc1F. The van der Waals surface area contributed by atoms with Gasteiger partial charge >= 0.3 is 0 Å². The second-order valence-electron chi connectivity index (χ2n) is 4.26. The molecule has 0 unspecified atom stereocenters. The average Bonchev–Trinajstić information content (AvgIpc) is 2.39. The molecule has 0 aliphatic heterocycles. The van der Waals surface area contributed by atoms with Gasteiger partial charge in [-0.15, -0.1) is 0 Å². The highest BCUT2D eigenvalue weighted by Crippen LogP contribution is 2.18. The number of ether oxygens (including phenoxy) is 1. The summed E-state index contributed by atoms with van der Waals surface area (Å²) in [4.78, 5) is 16.1. The third kappa shape index (κ3) is 3.16. The van der Waals surface area contributed by atoms with Crippen LogP contribution in [-0.2, 0) is 6.42 Å². The predicted molar refractivity (Wildman–Crippen MR) is 70.0 cm³/mol. The summed E-state index contributed by atoms with van der Waals surface area (Å²) in [6.45, 7) is 1.85. The van der Waals surface area contributed by atoms with E-state index in [9.17, 15) is 9.18 Å². The lowest BCUT2D eigenvalue weighted by Gasteiger charge is -2.05. The molecule has 0 saturated carbocycles. The first-order chi connectivity index (χ1) is 9.10.